The zero-order valence-electron chi connectivity index (χ0n) is 13.4. The predicted molar refractivity (Wildman–Crippen MR) is 83.3 cm³/mol. The van der Waals surface area contributed by atoms with Gasteiger partial charge in [-0.15, -0.1) is 0 Å². The second-order valence-corrected chi connectivity index (χ2v) is 4.05. The summed E-state index contributed by atoms with van der Waals surface area (Å²) in [6.07, 6.45) is -0.0577. The summed E-state index contributed by atoms with van der Waals surface area (Å²) in [6, 6.07) is 8.98. The van der Waals surface area contributed by atoms with Crippen molar-refractivity contribution in [1.82, 2.24) is 0 Å². The highest BCUT2D eigenvalue weighted by molar-refractivity contribution is 5.89. The first-order chi connectivity index (χ1) is 10.0. The summed E-state index contributed by atoms with van der Waals surface area (Å²) in [5.74, 6) is -0.259. The van der Waals surface area contributed by atoms with Gasteiger partial charge in [-0.3, -0.25) is 0 Å². The largest absolute Gasteiger partial charge is 0.459 e. The average molecular weight is 300 g/mol. The number of esters is 1. The number of rotatable bonds is 5. The summed E-state index contributed by atoms with van der Waals surface area (Å²) < 4.78 is 9.83. The molecule has 1 rings (SSSR count). The molecule has 0 radical (unpaired) electrons. The van der Waals surface area contributed by atoms with E-state index in [9.17, 15) is 4.79 Å². The Kier molecular flexibility index (Phi) is 17.3. The molecule has 0 heterocycles. The zero-order valence-corrected chi connectivity index (χ0v) is 13.4. The molecular formula is C16H28O5. The minimum Gasteiger partial charge on any atom is -0.459 e. The summed E-state index contributed by atoms with van der Waals surface area (Å²) in [5.41, 5.74) is 0.603. The lowest BCUT2D eigenvalue weighted by Gasteiger charge is -2.06. The molecule has 0 aliphatic heterocycles. The molecule has 0 aliphatic carbocycles. The van der Waals surface area contributed by atoms with Gasteiger partial charge in [0.2, 0.25) is 0 Å². The lowest BCUT2D eigenvalue weighted by molar-refractivity contribution is 0.0378. The molecule has 1 aromatic rings. The number of aliphatic hydroxyl groups is 2. The summed E-state index contributed by atoms with van der Waals surface area (Å²) in [6.45, 7) is 9.09. The molecule has 0 bridgehead atoms. The maximum atomic E-state index is 11.2. The van der Waals surface area contributed by atoms with E-state index in [2.05, 4.69) is 0 Å². The fraction of sp³-hybridized carbons (Fsp3) is 0.562. The molecule has 0 atom stereocenters. The Hall–Kier alpha value is -1.43. The molecule has 5 nitrogen and oxygen atoms in total. The highest BCUT2D eigenvalue weighted by Gasteiger charge is 2.06. The normalized spacial score (nSPS) is 9.10. The van der Waals surface area contributed by atoms with E-state index in [1.807, 2.05) is 45.9 Å². The van der Waals surface area contributed by atoms with Crippen LogP contribution in [0.2, 0.25) is 0 Å². The van der Waals surface area contributed by atoms with E-state index < -0.39 is 0 Å². The first-order valence-electron chi connectivity index (χ1n) is 7.08. The smallest absolute Gasteiger partial charge is 0.338 e. The SMILES string of the molecule is CC(C)OC(=O)c1ccccc1.CCOCC.OCCO. The molecule has 0 spiro atoms. The van der Waals surface area contributed by atoms with Crippen molar-refractivity contribution < 1.29 is 24.5 Å². The second kappa shape index (κ2) is 16.6. The van der Waals surface area contributed by atoms with Crippen LogP contribution in [-0.2, 0) is 9.47 Å². The van der Waals surface area contributed by atoms with Crippen molar-refractivity contribution in [2.24, 2.45) is 0 Å². The van der Waals surface area contributed by atoms with E-state index in [1.54, 1.807) is 12.1 Å². The van der Waals surface area contributed by atoms with E-state index in [-0.39, 0.29) is 25.3 Å². The van der Waals surface area contributed by atoms with Crippen molar-refractivity contribution in [2.45, 2.75) is 33.8 Å². The first-order valence-corrected chi connectivity index (χ1v) is 7.08. The molecule has 0 aromatic heterocycles. The van der Waals surface area contributed by atoms with Gasteiger partial charge in [0.05, 0.1) is 24.9 Å². The van der Waals surface area contributed by atoms with Gasteiger partial charge in [0.15, 0.2) is 0 Å². The summed E-state index contributed by atoms with van der Waals surface area (Å²) in [7, 11) is 0. The quantitative estimate of drug-likeness (QED) is 0.816. The summed E-state index contributed by atoms with van der Waals surface area (Å²) in [5, 5.41) is 15.2. The minimum absolute atomic E-state index is 0.0577. The third-order valence-corrected chi connectivity index (χ3v) is 1.86. The topological polar surface area (TPSA) is 76.0 Å². The van der Waals surface area contributed by atoms with Gasteiger partial charge in [-0.25, -0.2) is 4.79 Å². The van der Waals surface area contributed by atoms with E-state index in [0.29, 0.717) is 5.56 Å². The van der Waals surface area contributed by atoms with E-state index in [4.69, 9.17) is 19.7 Å². The number of benzene rings is 1. The molecule has 21 heavy (non-hydrogen) atoms. The van der Waals surface area contributed by atoms with Crippen LogP contribution < -0.4 is 0 Å². The predicted octanol–water partition coefficient (Wildman–Crippen LogP) is 2.27. The Balaban J connectivity index is 0. The Labute approximate surface area is 127 Å². The number of carbonyl (C=O) groups excluding carboxylic acids is 1. The van der Waals surface area contributed by atoms with E-state index in [1.165, 1.54) is 0 Å². The van der Waals surface area contributed by atoms with Gasteiger partial charge in [0, 0.05) is 13.2 Å². The number of hydrogen-bond acceptors (Lipinski definition) is 5. The van der Waals surface area contributed by atoms with Crippen LogP contribution in [0, 0.1) is 0 Å². The number of aliphatic hydroxyl groups excluding tert-OH is 2. The van der Waals surface area contributed by atoms with Crippen LogP contribution in [0.5, 0.6) is 0 Å². The Bertz CT molecular complexity index is 321. The van der Waals surface area contributed by atoms with Gasteiger partial charge in [-0.2, -0.15) is 0 Å². The maximum absolute atomic E-state index is 11.2. The molecule has 0 unspecified atom stereocenters. The first kappa shape index (κ1) is 21.9. The summed E-state index contributed by atoms with van der Waals surface area (Å²) in [4.78, 5) is 11.2. The standard InChI is InChI=1S/C10H12O2.C4H10O.C2H6O2/c1-8(2)12-10(11)9-6-4-3-5-7-9;1-3-5-4-2;3-1-2-4/h3-8H,1-2H3;3-4H2,1-2H3;3-4H,1-2H2. The third-order valence-electron chi connectivity index (χ3n) is 1.86. The minimum atomic E-state index is -0.259. The molecule has 0 saturated heterocycles. The molecule has 0 saturated carbocycles. The number of ether oxygens (including phenoxy) is 2. The van der Waals surface area contributed by atoms with Crippen molar-refractivity contribution in [3.8, 4) is 0 Å². The van der Waals surface area contributed by atoms with Gasteiger partial charge in [-0.1, -0.05) is 18.2 Å². The van der Waals surface area contributed by atoms with Crippen LogP contribution in [0.1, 0.15) is 38.1 Å². The summed E-state index contributed by atoms with van der Waals surface area (Å²) >= 11 is 0. The van der Waals surface area contributed by atoms with Crippen molar-refractivity contribution in [1.29, 1.82) is 0 Å². The Morgan fingerprint density at radius 1 is 1.05 bits per heavy atom. The lowest BCUT2D eigenvalue weighted by Crippen LogP contribution is -2.11. The van der Waals surface area contributed by atoms with Crippen molar-refractivity contribution in [2.75, 3.05) is 26.4 Å². The fourth-order valence-electron chi connectivity index (χ4n) is 1.06. The van der Waals surface area contributed by atoms with Crippen LogP contribution in [-0.4, -0.2) is 48.7 Å². The van der Waals surface area contributed by atoms with Crippen LogP contribution in [0.25, 0.3) is 0 Å². The van der Waals surface area contributed by atoms with Gasteiger partial charge >= 0.3 is 5.97 Å². The van der Waals surface area contributed by atoms with Gasteiger partial charge < -0.3 is 19.7 Å². The molecule has 122 valence electrons. The molecule has 0 aliphatic rings. The van der Waals surface area contributed by atoms with Crippen molar-refractivity contribution in [3.05, 3.63) is 35.9 Å². The van der Waals surface area contributed by atoms with Crippen LogP contribution in [0.3, 0.4) is 0 Å². The van der Waals surface area contributed by atoms with Crippen molar-refractivity contribution in [3.63, 3.8) is 0 Å². The third kappa shape index (κ3) is 16.5. The molecule has 0 fully saturated rings. The molecule has 2 N–H and O–H groups in total. The van der Waals surface area contributed by atoms with Gasteiger partial charge in [-0.05, 0) is 39.8 Å². The molecular weight excluding hydrogens is 272 g/mol. The van der Waals surface area contributed by atoms with Gasteiger partial charge in [0.25, 0.3) is 0 Å². The van der Waals surface area contributed by atoms with Crippen molar-refractivity contribution >= 4 is 5.97 Å². The Morgan fingerprint density at radius 3 is 1.81 bits per heavy atom. The monoisotopic (exact) mass is 300 g/mol. The lowest BCUT2D eigenvalue weighted by atomic mass is 10.2. The van der Waals surface area contributed by atoms with Crippen LogP contribution >= 0.6 is 0 Å². The average Bonchev–Trinajstić information content (AvgIpc) is 2.49. The zero-order chi connectivity index (χ0) is 16.5. The van der Waals surface area contributed by atoms with E-state index >= 15 is 0 Å². The van der Waals surface area contributed by atoms with Crippen LogP contribution in [0.15, 0.2) is 30.3 Å². The Morgan fingerprint density at radius 2 is 1.52 bits per heavy atom. The highest BCUT2D eigenvalue weighted by Crippen LogP contribution is 2.02. The number of hydrogen-bond donors (Lipinski definition) is 2. The molecule has 1 aromatic carbocycles. The number of carbonyl (C=O) groups is 1. The molecule has 0 amide bonds. The molecule has 5 heteroatoms. The van der Waals surface area contributed by atoms with E-state index in [0.717, 1.165) is 13.2 Å². The fourth-order valence-corrected chi connectivity index (χ4v) is 1.06. The van der Waals surface area contributed by atoms with Crippen LogP contribution in [0.4, 0.5) is 0 Å². The van der Waals surface area contributed by atoms with Gasteiger partial charge in [0.1, 0.15) is 0 Å². The maximum Gasteiger partial charge on any atom is 0.338 e. The second-order valence-electron chi connectivity index (χ2n) is 4.05. The highest BCUT2D eigenvalue weighted by atomic mass is 16.5.